The zero-order valence-electron chi connectivity index (χ0n) is 11.9. The Morgan fingerprint density at radius 1 is 1.24 bits per heavy atom. The number of para-hydroxylation sites is 1. The van der Waals surface area contributed by atoms with Crippen LogP contribution in [0.25, 0.3) is 0 Å². The molecule has 0 aliphatic heterocycles. The molecule has 2 aromatic rings. The lowest BCUT2D eigenvalue weighted by Gasteiger charge is -2.18. The lowest BCUT2D eigenvalue weighted by molar-refractivity contribution is 0.102. The fourth-order valence-electron chi connectivity index (χ4n) is 2.00. The normalized spacial score (nSPS) is 9.76. The Hall–Kier alpha value is -3.00. The lowest BCUT2D eigenvalue weighted by atomic mass is 10.1. The summed E-state index contributed by atoms with van der Waals surface area (Å²) < 4.78 is 0. The molecule has 0 saturated heterocycles. The molecule has 106 valence electrons. The van der Waals surface area contributed by atoms with Crippen LogP contribution in [0.1, 0.15) is 15.9 Å². The largest absolute Gasteiger partial charge is 0.399 e. The summed E-state index contributed by atoms with van der Waals surface area (Å²) >= 11 is 0. The standard InChI is InChI=1S/C16H16N4O/c1-20(2)15-8-7-12(18)9-13(15)16(21)19-14-6-4-3-5-11(14)10-17/h3-9H,18H2,1-2H3,(H,19,21). The third-order valence-corrected chi connectivity index (χ3v) is 3.04. The average molecular weight is 280 g/mol. The molecule has 0 fully saturated rings. The maximum Gasteiger partial charge on any atom is 0.257 e. The van der Waals surface area contributed by atoms with Gasteiger partial charge in [0.15, 0.2) is 0 Å². The molecule has 0 aromatic heterocycles. The quantitative estimate of drug-likeness (QED) is 0.846. The topological polar surface area (TPSA) is 82.2 Å². The highest BCUT2D eigenvalue weighted by atomic mass is 16.1. The van der Waals surface area contributed by atoms with E-state index in [2.05, 4.69) is 11.4 Å². The van der Waals surface area contributed by atoms with Gasteiger partial charge in [-0.05, 0) is 30.3 Å². The van der Waals surface area contributed by atoms with E-state index in [1.165, 1.54) is 0 Å². The number of nitriles is 1. The Kier molecular flexibility index (Phi) is 4.10. The first-order valence-corrected chi connectivity index (χ1v) is 6.40. The van der Waals surface area contributed by atoms with E-state index in [4.69, 9.17) is 11.0 Å². The van der Waals surface area contributed by atoms with E-state index in [1.54, 1.807) is 42.5 Å². The maximum absolute atomic E-state index is 12.5. The van der Waals surface area contributed by atoms with Crippen molar-refractivity contribution in [2.45, 2.75) is 0 Å². The number of amides is 1. The number of nitrogen functional groups attached to an aromatic ring is 1. The Balaban J connectivity index is 2.37. The molecule has 0 radical (unpaired) electrons. The van der Waals surface area contributed by atoms with Gasteiger partial charge in [0.25, 0.3) is 5.91 Å². The predicted molar refractivity (Wildman–Crippen MR) is 84.3 cm³/mol. The van der Waals surface area contributed by atoms with Gasteiger partial charge in [0.2, 0.25) is 0 Å². The number of nitrogens with one attached hydrogen (secondary N) is 1. The number of hydrogen-bond acceptors (Lipinski definition) is 4. The second-order valence-corrected chi connectivity index (χ2v) is 4.78. The fraction of sp³-hybridized carbons (Fsp3) is 0.125. The second-order valence-electron chi connectivity index (χ2n) is 4.78. The van der Waals surface area contributed by atoms with Crippen molar-refractivity contribution in [2.24, 2.45) is 0 Å². The SMILES string of the molecule is CN(C)c1ccc(N)cc1C(=O)Nc1ccccc1C#N. The molecule has 0 atom stereocenters. The summed E-state index contributed by atoms with van der Waals surface area (Å²) in [6.07, 6.45) is 0. The van der Waals surface area contributed by atoms with E-state index in [-0.39, 0.29) is 5.91 Å². The van der Waals surface area contributed by atoms with E-state index >= 15 is 0 Å². The Bertz CT molecular complexity index is 716. The van der Waals surface area contributed by atoms with E-state index in [0.29, 0.717) is 22.5 Å². The van der Waals surface area contributed by atoms with Crippen molar-refractivity contribution < 1.29 is 4.79 Å². The van der Waals surface area contributed by atoms with Crippen LogP contribution in [0.15, 0.2) is 42.5 Å². The Morgan fingerprint density at radius 3 is 2.62 bits per heavy atom. The van der Waals surface area contributed by atoms with Crippen molar-refractivity contribution in [2.75, 3.05) is 30.0 Å². The predicted octanol–water partition coefficient (Wildman–Crippen LogP) is 2.46. The van der Waals surface area contributed by atoms with Crippen molar-refractivity contribution in [3.63, 3.8) is 0 Å². The third-order valence-electron chi connectivity index (χ3n) is 3.04. The molecule has 2 aromatic carbocycles. The fourth-order valence-corrected chi connectivity index (χ4v) is 2.00. The highest BCUT2D eigenvalue weighted by Gasteiger charge is 2.14. The molecule has 1 amide bonds. The summed E-state index contributed by atoms with van der Waals surface area (Å²) in [5, 5.41) is 11.8. The van der Waals surface area contributed by atoms with Crippen LogP contribution in [0, 0.1) is 11.3 Å². The van der Waals surface area contributed by atoms with Crippen molar-refractivity contribution >= 4 is 23.0 Å². The summed E-state index contributed by atoms with van der Waals surface area (Å²) in [4.78, 5) is 14.3. The Labute approximate surface area is 123 Å². The highest BCUT2D eigenvalue weighted by molar-refractivity contribution is 6.09. The van der Waals surface area contributed by atoms with Gasteiger partial charge in [-0.1, -0.05) is 12.1 Å². The summed E-state index contributed by atoms with van der Waals surface area (Å²) in [5.41, 5.74) is 8.40. The molecular weight excluding hydrogens is 264 g/mol. The summed E-state index contributed by atoms with van der Waals surface area (Å²) in [6, 6.07) is 14.1. The number of anilines is 3. The lowest BCUT2D eigenvalue weighted by Crippen LogP contribution is -2.19. The van der Waals surface area contributed by atoms with Crippen LogP contribution in [0.5, 0.6) is 0 Å². The monoisotopic (exact) mass is 280 g/mol. The second kappa shape index (κ2) is 5.97. The molecule has 5 heteroatoms. The van der Waals surface area contributed by atoms with Gasteiger partial charge in [0.1, 0.15) is 6.07 Å². The van der Waals surface area contributed by atoms with Crippen LogP contribution < -0.4 is 16.0 Å². The van der Waals surface area contributed by atoms with Crippen molar-refractivity contribution in [3.05, 3.63) is 53.6 Å². The number of rotatable bonds is 3. The average Bonchev–Trinajstić information content (AvgIpc) is 2.47. The van der Waals surface area contributed by atoms with Gasteiger partial charge in [-0.25, -0.2) is 0 Å². The molecule has 5 nitrogen and oxygen atoms in total. The summed E-state index contributed by atoms with van der Waals surface area (Å²) in [5.74, 6) is -0.298. The molecule has 2 rings (SSSR count). The highest BCUT2D eigenvalue weighted by Crippen LogP contribution is 2.23. The van der Waals surface area contributed by atoms with Crippen molar-refractivity contribution in [1.82, 2.24) is 0 Å². The first-order valence-electron chi connectivity index (χ1n) is 6.40. The molecule has 0 aliphatic carbocycles. The van der Waals surface area contributed by atoms with Gasteiger partial charge >= 0.3 is 0 Å². The van der Waals surface area contributed by atoms with Crippen molar-refractivity contribution in [1.29, 1.82) is 5.26 Å². The zero-order valence-corrected chi connectivity index (χ0v) is 11.9. The number of nitrogens with zero attached hydrogens (tertiary/aromatic N) is 2. The molecule has 0 saturated carbocycles. The van der Waals surface area contributed by atoms with E-state index in [0.717, 1.165) is 5.69 Å². The molecule has 0 unspecified atom stereocenters. The molecule has 0 heterocycles. The molecule has 0 bridgehead atoms. The van der Waals surface area contributed by atoms with Crippen LogP contribution >= 0.6 is 0 Å². The van der Waals surface area contributed by atoms with Crippen LogP contribution in [0.4, 0.5) is 17.1 Å². The van der Waals surface area contributed by atoms with Crippen LogP contribution in [-0.2, 0) is 0 Å². The van der Waals surface area contributed by atoms with Crippen LogP contribution in [0.2, 0.25) is 0 Å². The smallest absolute Gasteiger partial charge is 0.257 e. The third kappa shape index (κ3) is 3.12. The Morgan fingerprint density at radius 2 is 1.95 bits per heavy atom. The van der Waals surface area contributed by atoms with E-state index in [9.17, 15) is 4.79 Å². The first-order chi connectivity index (χ1) is 10.0. The van der Waals surface area contributed by atoms with Gasteiger partial charge in [-0.3, -0.25) is 4.79 Å². The number of nitrogens with two attached hydrogens (primary N) is 1. The van der Waals surface area contributed by atoms with Crippen molar-refractivity contribution in [3.8, 4) is 6.07 Å². The molecule has 3 N–H and O–H groups in total. The minimum Gasteiger partial charge on any atom is -0.399 e. The van der Waals surface area contributed by atoms with Gasteiger partial charge in [-0.2, -0.15) is 5.26 Å². The maximum atomic E-state index is 12.5. The number of carbonyl (C=O) groups is 1. The van der Waals surface area contributed by atoms with Gasteiger partial charge in [0.05, 0.1) is 16.8 Å². The number of benzene rings is 2. The van der Waals surface area contributed by atoms with E-state index < -0.39 is 0 Å². The first kappa shape index (κ1) is 14.4. The number of carbonyl (C=O) groups excluding carboxylic acids is 1. The van der Waals surface area contributed by atoms with Gasteiger partial charge in [0, 0.05) is 25.5 Å². The summed E-state index contributed by atoms with van der Waals surface area (Å²) in [7, 11) is 3.71. The van der Waals surface area contributed by atoms with E-state index in [1.807, 2.05) is 19.0 Å². The molecule has 0 spiro atoms. The summed E-state index contributed by atoms with van der Waals surface area (Å²) in [6.45, 7) is 0. The van der Waals surface area contributed by atoms with Gasteiger partial charge in [-0.15, -0.1) is 0 Å². The molecular formula is C16H16N4O. The van der Waals surface area contributed by atoms with Crippen LogP contribution in [-0.4, -0.2) is 20.0 Å². The minimum atomic E-state index is -0.298. The van der Waals surface area contributed by atoms with Crippen LogP contribution in [0.3, 0.4) is 0 Å². The minimum absolute atomic E-state index is 0.298. The zero-order chi connectivity index (χ0) is 15.4. The van der Waals surface area contributed by atoms with Gasteiger partial charge < -0.3 is 16.0 Å². The molecule has 21 heavy (non-hydrogen) atoms. The number of hydrogen-bond donors (Lipinski definition) is 2. The molecule has 0 aliphatic rings.